The van der Waals surface area contributed by atoms with Gasteiger partial charge in [-0.05, 0) is 30.5 Å². The lowest BCUT2D eigenvalue weighted by Gasteiger charge is -2.21. The summed E-state index contributed by atoms with van der Waals surface area (Å²) < 4.78 is 0. The zero-order valence-corrected chi connectivity index (χ0v) is 11.1. The molecule has 0 bridgehead atoms. The van der Waals surface area contributed by atoms with Crippen LogP contribution in [0, 0.1) is 0 Å². The summed E-state index contributed by atoms with van der Waals surface area (Å²) in [6.45, 7) is 0.452. The van der Waals surface area contributed by atoms with Crippen LogP contribution in [-0.4, -0.2) is 23.4 Å². The van der Waals surface area contributed by atoms with E-state index in [0.29, 0.717) is 16.6 Å². The molecule has 0 aliphatic heterocycles. The standard InChI is InChI=1S/C12H14Cl2N2O/c1-16(11(17)12(15)4-5-12)7-8-2-3-9(13)6-10(8)14/h2-3,6H,4-5,7,15H2,1H3. The monoisotopic (exact) mass is 272 g/mol. The van der Waals surface area contributed by atoms with Gasteiger partial charge in [0.2, 0.25) is 5.91 Å². The number of rotatable bonds is 3. The van der Waals surface area contributed by atoms with Gasteiger partial charge in [0.1, 0.15) is 0 Å². The first-order valence-electron chi connectivity index (χ1n) is 5.41. The van der Waals surface area contributed by atoms with E-state index in [2.05, 4.69) is 0 Å². The topological polar surface area (TPSA) is 46.3 Å². The van der Waals surface area contributed by atoms with Crippen LogP contribution in [0.4, 0.5) is 0 Å². The third-order valence-electron chi connectivity index (χ3n) is 2.98. The highest BCUT2D eigenvalue weighted by Crippen LogP contribution is 2.34. The lowest BCUT2D eigenvalue weighted by molar-refractivity contribution is -0.132. The van der Waals surface area contributed by atoms with Crippen molar-refractivity contribution in [2.45, 2.75) is 24.9 Å². The van der Waals surface area contributed by atoms with E-state index in [4.69, 9.17) is 28.9 Å². The second-order valence-corrected chi connectivity index (χ2v) is 5.40. The molecule has 0 saturated heterocycles. The quantitative estimate of drug-likeness (QED) is 0.919. The van der Waals surface area contributed by atoms with Crippen LogP contribution in [0.5, 0.6) is 0 Å². The third-order valence-corrected chi connectivity index (χ3v) is 3.57. The van der Waals surface area contributed by atoms with E-state index in [1.165, 1.54) is 0 Å². The Morgan fingerprint density at radius 1 is 1.47 bits per heavy atom. The van der Waals surface area contributed by atoms with Gasteiger partial charge in [0.05, 0.1) is 5.54 Å². The summed E-state index contributed by atoms with van der Waals surface area (Å²) in [6, 6.07) is 5.26. The molecule has 3 nitrogen and oxygen atoms in total. The molecule has 17 heavy (non-hydrogen) atoms. The molecule has 0 aromatic heterocycles. The fourth-order valence-electron chi connectivity index (χ4n) is 1.71. The summed E-state index contributed by atoms with van der Waals surface area (Å²) in [7, 11) is 1.74. The number of likely N-dealkylation sites (N-methyl/N-ethyl adjacent to an activating group) is 1. The molecule has 2 rings (SSSR count). The molecule has 1 fully saturated rings. The maximum absolute atomic E-state index is 11.9. The Labute approximate surface area is 110 Å². The molecular weight excluding hydrogens is 259 g/mol. The average Bonchev–Trinajstić information content (AvgIpc) is 3.01. The first-order valence-corrected chi connectivity index (χ1v) is 6.16. The van der Waals surface area contributed by atoms with Gasteiger partial charge in [-0.25, -0.2) is 0 Å². The van der Waals surface area contributed by atoms with Crippen molar-refractivity contribution in [3.8, 4) is 0 Å². The number of hydrogen-bond donors (Lipinski definition) is 1. The van der Waals surface area contributed by atoms with Crippen LogP contribution in [0.1, 0.15) is 18.4 Å². The van der Waals surface area contributed by atoms with E-state index in [1.54, 1.807) is 24.1 Å². The number of carbonyl (C=O) groups is 1. The van der Waals surface area contributed by atoms with Gasteiger partial charge in [0.15, 0.2) is 0 Å². The Kier molecular flexibility index (Phi) is 3.34. The van der Waals surface area contributed by atoms with E-state index in [0.717, 1.165) is 18.4 Å². The molecular formula is C12H14Cl2N2O. The van der Waals surface area contributed by atoms with E-state index < -0.39 is 5.54 Å². The highest BCUT2D eigenvalue weighted by Gasteiger charge is 2.47. The largest absolute Gasteiger partial charge is 0.340 e. The number of nitrogens with two attached hydrogens (primary N) is 1. The lowest BCUT2D eigenvalue weighted by Crippen LogP contribution is -2.43. The third kappa shape index (κ3) is 2.73. The van der Waals surface area contributed by atoms with Crippen molar-refractivity contribution in [3.63, 3.8) is 0 Å². The van der Waals surface area contributed by atoms with Crippen LogP contribution in [0.3, 0.4) is 0 Å². The Morgan fingerprint density at radius 3 is 2.65 bits per heavy atom. The molecule has 1 aromatic carbocycles. The second-order valence-electron chi connectivity index (χ2n) is 4.55. The summed E-state index contributed by atoms with van der Waals surface area (Å²) in [4.78, 5) is 13.6. The van der Waals surface area contributed by atoms with Gasteiger partial charge < -0.3 is 10.6 Å². The molecule has 0 unspecified atom stereocenters. The van der Waals surface area contributed by atoms with E-state index >= 15 is 0 Å². The van der Waals surface area contributed by atoms with Gasteiger partial charge in [0, 0.05) is 23.6 Å². The van der Waals surface area contributed by atoms with Crippen molar-refractivity contribution < 1.29 is 4.79 Å². The molecule has 1 amide bonds. The Bertz CT molecular complexity index is 458. The first-order chi connectivity index (χ1) is 7.92. The fourth-order valence-corrected chi connectivity index (χ4v) is 2.17. The molecule has 92 valence electrons. The maximum Gasteiger partial charge on any atom is 0.242 e. The van der Waals surface area contributed by atoms with Gasteiger partial charge in [-0.15, -0.1) is 0 Å². The van der Waals surface area contributed by atoms with Crippen molar-refractivity contribution >= 4 is 29.1 Å². The van der Waals surface area contributed by atoms with Crippen LogP contribution >= 0.6 is 23.2 Å². The molecule has 1 saturated carbocycles. The van der Waals surface area contributed by atoms with Crippen LogP contribution in [0.15, 0.2) is 18.2 Å². The number of amides is 1. The van der Waals surface area contributed by atoms with E-state index in [1.807, 2.05) is 6.07 Å². The summed E-state index contributed by atoms with van der Waals surface area (Å²) in [5.41, 5.74) is 6.10. The molecule has 0 spiro atoms. The molecule has 5 heteroatoms. The molecule has 0 atom stereocenters. The van der Waals surface area contributed by atoms with Crippen LogP contribution in [0.2, 0.25) is 10.0 Å². The summed E-state index contributed by atoms with van der Waals surface area (Å²) >= 11 is 11.9. The zero-order chi connectivity index (χ0) is 12.6. The fraction of sp³-hybridized carbons (Fsp3) is 0.417. The summed E-state index contributed by atoms with van der Waals surface area (Å²) in [6.07, 6.45) is 1.54. The molecule has 2 N–H and O–H groups in total. The maximum atomic E-state index is 11.9. The normalized spacial score (nSPS) is 16.7. The minimum atomic E-state index is -0.631. The first kappa shape index (κ1) is 12.7. The minimum Gasteiger partial charge on any atom is -0.340 e. The van der Waals surface area contributed by atoms with Crippen molar-refractivity contribution in [2.75, 3.05) is 7.05 Å². The zero-order valence-electron chi connectivity index (χ0n) is 9.54. The van der Waals surface area contributed by atoms with Crippen molar-refractivity contribution in [1.82, 2.24) is 4.90 Å². The highest BCUT2D eigenvalue weighted by molar-refractivity contribution is 6.35. The van der Waals surface area contributed by atoms with Gasteiger partial charge in [-0.2, -0.15) is 0 Å². The summed E-state index contributed by atoms with van der Waals surface area (Å²) in [5, 5.41) is 1.16. The van der Waals surface area contributed by atoms with E-state index in [-0.39, 0.29) is 5.91 Å². The molecule has 0 heterocycles. The van der Waals surface area contributed by atoms with Gasteiger partial charge in [-0.3, -0.25) is 4.79 Å². The van der Waals surface area contributed by atoms with Gasteiger partial charge in [-0.1, -0.05) is 29.3 Å². The van der Waals surface area contributed by atoms with Crippen molar-refractivity contribution in [2.24, 2.45) is 5.73 Å². The number of halogens is 2. The van der Waals surface area contributed by atoms with Gasteiger partial charge >= 0.3 is 0 Å². The average molecular weight is 273 g/mol. The van der Waals surface area contributed by atoms with Crippen LogP contribution in [-0.2, 0) is 11.3 Å². The molecule has 1 aliphatic rings. The van der Waals surface area contributed by atoms with Crippen molar-refractivity contribution in [1.29, 1.82) is 0 Å². The molecule has 1 aliphatic carbocycles. The van der Waals surface area contributed by atoms with Crippen molar-refractivity contribution in [3.05, 3.63) is 33.8 Å². The number of nitrogens with zero attached hydrogens (tertiary/aromatic N) is 1. The number of carbonyl (C=O) groups excluding carboxylic acids is 1. The van der Waals surface area contributed by atoms with E-state index in [9.17, 15) is 4.79 Å². The molecule has 0 radical (unpaired) electrons. The predicted molar refractivity (Wildman–Crippen MR) is 69.1 cm³/mol. The Balaban J connectivity index is 2.07. The smallest absolute Gasteiger partial charge is 0.242 e. The lowest BCUT2D eigenvalue weighted by atomic mass is 10.2. The minimum absolute atomic E-state index is 0.0245. The summed E-state index contributed by atoms with van der Waals surface area (Å²) in [5.74, 6) is -0.0245. The number of benzene rings is 1. The highest BCUT2D eigenvalue weighted by atomic mass is 35.5. The predicted octanol–water partition coefficient (Wildman–Crippen LogP) is 2.44. The Morgan fingerprint density at radius 2 is 2.12 bits per heavy atom. The van der Waals surface area contributed by atoms with Gasteiger partial charge in [0.25, 0.3) is 0 Å². The molecule has 1 aromatic rings. The number of hydrogen-bond acceptors (Lipinski definition) is 2. The van der Waals surface area contributed by atoms with Crippen LogP contribution < -0.4 is 5.73 Å². The second kappa shape index (κ2) is 4.48. The SMILES string of the molecule is CN(Cc1ccc(Cl)cc1Cl)C(=O)C1(N)CC1. The Hall–Kier alpha value is -0.770. The van der Waals surface area contributed by atoms with Crippen LogP contribution in [0.25, 0.3) is 0 Å².